The number of aryl methyl sites for hydroxylation is 1. The number of nitrogens with zero attached hydrogens (tertiary/aromatic N) is 3. The highest BCUT2D eigenvalue weighted by Crippen LogP contribution is 2.26. The fraction of sp³-hybridized carbons (Fsp3) is 0.150. The van der Waals surface area contributed by atoms with Crippen LogP contribution in [0.4, 0.5) is 0 Å². The number of hydrogen-bond acceptors (Lipinski definition) is 4. The molecule has 6 heteroatoms. The number of rotatable bonds is 3. The molecule has 1 aliphatic heterocycles. The molecule has 2 heterocycles. The third-order valence-corrected chi connectivity index (χ3v) is 4.45. The normalized spacial score (nSPS) is 16.6. The maximum absolute atomic E-state index is 12.4. The standard InChI is InChI=1S/C20H18N4O2/c1-14-12-24(20(26)22-19(14)25)23-13-17(15-8-4-2-5-9-15)21-18(23)16-10-6-3-7-11-16/h2-12,17H,13H2,1H3,(H,22,25,26). The van der Waals surface area contributed by atoms with E-state index in [1.807, 2.05) is 65.7 Å². The Labute approximate surface area is 150 Å². The fourth-order valence-corrected chi connectivity index (χ4v) is 3.09. The number of nitrogens with one attached hydrogen (secondary N) is 1. The minimum absolute atomic E-state index is 0.0921. The zero-order valence-corrected chi connectivity index (χ0v) is 14.3. The molecule has 0 amide bonds. The van der Waals surface area contributed by atoms with Crippen LogP contribution in [0.25, 0.3) is 0 Å². The number of amidine groups is 1. The minimum Gasteiger partial charge on any atom is -0.272 e. The van der Waals surface area contributed by atoms with E-state index in [4.69, 9.17) is 4.99 Å². The van der Waals surface area contributed by atoms with E-state index in [2.05, 4.69) is 4.98 Å². The van der Waals surface area contributed by atoms with Crippen molar-refractivity contribution in [2.24, 2.45) is 4.99 Å². The second-order valence-electron chi connectivity index (χ2n) is 6.24. The fourth-order valence-electron chi connectivity index (χ4n) is 3.09. The van der Waals surface area contributed by atoms with Crippen LogP contribution in [0.2, 0.25) is 0 Å². The molecule has 3 aromatic rings. The van der Waals surface area contributed by atoms with E-state index in [-0.39, 0.29) is 11.6 Å². The van der Waals surface area contributed by atoms with Gasteiger partial charge in [-0.1, -0.05) is 60.7 Å². The van der Waals surface area contributed by atoms with Crippen molar-refractivity contribution in [2.45, 2.75) is 13.0 Å². The Balaban J connectivity index is 1.83. The van der Waals surface area contributed by atoms with E-state index >= 15 is 0 Å². The smallest absolute Gasteiger partial charge is 0.272 e. The Morgan fingerprint density at radius 2 is 1.65 bits per heavy atom. The van der Waals surface area contributed by atoms with Crippen molar-refractivity contribution in [3.63, 3.8) is 0 Å². The largest absolute Gasteiger partial charge is 0.347 e. The summed E-state index contributed by atoms with van der Waals surface area (Å²) in [4.78, 5) is 31.4. The lowest BCUT2D eigenvalue weighted by Crippen LogP contribution is -2.47. The van der Waals surface area contributed by atoms with Gasteiger partial charge in [-0.25, -0.2) is 9.47 Å². The van der Waals surface area contributed by atoms with Crippen LogP contribution in [0.5, 0.6) is 0 Å². The molecule has 2 aromatic carbocycles. The summed E-state index contributed by atoms with van der Waals surface area (Å²) in [6, 6.07) is 19.6. The van der Waals surface area contributed by atoms with E-state index in [0.29, 0.717) is 17.9 Å². The van der Waals surface area contributed by atoms with Crippen molar-refractivity contribution in [3.8, 4) is 0 Å². The van der Waals surface area contributed by atoms with Crippen LogP contribution in [-0.2, 0) is 0 Å². The second kappa shape index (κ2) is 6.48. The summed E-state index contributed by atoms with van der Waals surface area (Å²) in [6.07, 6.45) is 1.56. The number of aromatic nitrogens is 2. The van der Waals surface area contributed by atoms with Gasteiger partial charge in [-0.2, -0.15) is 0 Å². The topological polar surface area (TPSA) is 70.5 Å². The first-order valence-electron chi connectivity index (χ1n) is 8.42. The highest BCUT2D eigenvalue weighted by Gasteiger charge is 2.29. The summed E-state index contributed by atoms with van der Waals surface area (Å²) < 4.78 is 1.44. The van der Waals surface area contributed by atoms with Gasteiger partial charge in [0.25, 0.3) is 5.56 Å². The lowest BCUT2D eigenvalue weighted by atomic mass is 10.1. The van der Waals surface area contributed by atoms with Gasteiger partial charge in [0, 0.05) is 17.3 Å². The number of hydrogen-bond donors (Lipinski definition) is 1. The molecule has 130 valence electrons. The quantitative estimate of drug-likeness (QED) is 0.788. The lowest BCUT2D eigenvalue weighted by Gasteiger charge is -2.23. The van der Waals surface area contributed by atoms with Crippen molar-refractivity contribution in [1.29, 1.82) is 0 Å². The molecule has 4 rings (SSSR count). The predicted molar refractivity (Wildman–Crippen MR) is 101 cm³/mol. The molecule has 1 N–H and O–H groups in total. The van der Waals surface area contributed by atoms with Crippen LogP contribution < -0.4 is 16.3 Å². The van der Waals surface area contributed by atoms with Gasteiger partial charge < -0.3 is 0 Å². The minimum atomic E-state index is -0.474. The van der Waals surface area contributed by atoms with E-state index in [0.717, 1.165) is 11.1 Å². The summed E-state index contributed by atoms with van der Waals surface area (Å²) in [5.41, 5.74) is 1.63. The molecular formula is C20H18N4O2. The highest BCUT2D eigenvalue weighted by molar-refractivity contribution is 6.07. The molecule has 1 aromatic heterocycles. The Hall–Kier alpha value is -3.41. The van der Waals surface area contributed by atoms with E-state index < -0.39 is 5.69 Å². The highest BCUT2D eigenvalue weighted by atomic mass is 16.2. The maximum atomic E-state index is 12.4. The van der Waals surface area contributed by atoms with Gasteiger partial charge in [-0.3, -0.25) is 19.8 Å². The molecule has 0 saturated carbocycles. The number of aromatic amines is 1. The maximum Gasteiger partial charge on any atom is 0.347 e. The first-order chi connectivity index (χ1) is 12.6. The first kappa shape index (κ1) is 16.1. The number of benzene rings is 2. The molecule has 0 saturated heterocycles. The molecule has 26 heavy (non-hydrogen) atoms. The number of aliphatic imine (C=N–C) groups is 1. The Morgan fingerprint density at radius 1 is 1.00 bits per heavy atom. The van der Waals surface area contributed by atoms with Gasteiger partial charge in [0.15, 0.2) is 5.84 Å². The van der Waals surface area contributed by atoms with Crippen LogP contribution in [0.1, 0.15) is 22.7 Å². The van der Waals surface area contributed by atoms with Gasteiger partial charge in [-0.15, -0.1) is 0 Å². The molecule has 0 radical (unpaired) electrons. The molecule has 0 bridgehead atoms. The van der Waals surface area contributed by atoms with Gasteiger partial charge in [0.1, 0.15) is 0 Å². The zero-order chi connectivity index (χ0) is 18.1. The van der Waals surface area contributed by atoms with E-state index in [1.54, 1.807) is 13.1 Å². The van der Waals surface area contributed by atoms with Crippen LogP contribution in [-0.4, -0.2) is 22.0 Å². The Bertz CT molecular complexity index is 1070. The second-order valence-corrected chi connectivity index (χ2v) is 6.24. The SMILES string of the molecule is Cc1cn(N2CC(c3ccccc3)N=C2c2ccccc2)c(=O)[nH]c1=O. The summed E-state index contributed by atoms with van der Waals surface area (Å²) in [7, 11) is 0. The third-order valence-electron chi connectivity index (χ3n) is 4.45. The van der Waals surface area contributed by atoms with Crippen molar-refractivity contribution >= 4 is 5.84 Å². The summed E-state index contributed by atoms with van der Waals surface area (Å²) >= 11 is 0. The van der Waals surface area contributed by atoms with Gasteiger partial charge in [0.2, 0.25) is 0 Å². The van der Waals surface area contributed by atoms with Crippen LogP contribution in [0.3, 0.4) is 0 Å². The third kappa shape index (κ3) is 2.86. The van der Waals surface area contributed by atoms with Crippen molar-refractivity contribution in [2.75, 3.05) is 11.6 Å². The molecule has 1 unspecified atom stereocenters. The van der Waals surface area contributed by atoms with Gasteiger partial charge >= 0.3 is 5.69 Å². The van der Waals surface area contributed by atoms with Crippen LogP contribution in [0.15, 0.2) is 81.4 Å². The molecule has 0 aliphatic carbocycles. The van der Waals surface area contributed by atoms with Gasteiger partial charge in [-0.05, 0) is 12.5 Å². The molecule has 0 spiro atoms. The monoisotopic (exact) mass is 346 g/mol. The van der Waals surface area contributed by atoms with Crippen LogP contribution >= 0.6 is 0 Å². The van der Waals surface area contributed by atoms with E-state index in [1.165, 1.54) is 4.68 Å². The predicted octanol–water partition coefficient (Wildman–Crippen LogP) is 1.98. The number of H-pyrrole nitrogens is 1. The summed E-state index contributed by atoms with van der Waals surface area (Å²) in [5, 5.41) is 1.82. The Kier molecular flexibility index (Phi) is 4.01. The van der Waals surface area contributed by atoms with Gasteiger partial charge in [0.05, 0.1) is 12.6 Å². The molecule has 6 nitrogen and oxygen atoms in total. The summed E-state index contributed by atoms with van der Waals surface area (Å²) in [5.74, 6) is 0.702. The zero-order valence-electron chi connectivity index (χ0n) is 14.3. The van der Waals surface area contributed by atoms with Crippen molar-refractivity contribution in [1.82, 2.24) is 9.66 Å². The van der Waals surface area contributed by atoms with Crippen molar-refractivity contribution < 1.29 is 0 Å². The van der Waals surface area contributed by atoms with E-state index in [9.17, 15) is 9.59 Å². The molecular weight excluding hydrogens is 328 g/mol. The lowest BCUT2D eigenvalue weighted by molar-refractivity contribution is 0.638. The molecule has 1 atom stereocenters. The molecule has 0 fully saturated rings. The van der Waals surface area contributed by atoms with Crippen LogP contribution in [0, 0.1) is 6.92 Å². The Morgan fingerprint density at radius 3 is 2.35 bits per heavy atom. The molecule has 1 aliphatic rings. The average Bonchev–Trinajstić information content (AvgIpc) is 3.11. The first-order valence-corrected chi connectivity index (χ1v) is 8.42. The summed E-state index contributed by atoms with van der Waals surface area (Å²) in [6.45, 7) is 2.19. The average molecular weight is 346 g/mol. The van der Waals surface area contributed by atoms with Crippen molar-refractivity contribution in [3.05, 3.63) is 104 Å².